The molecule has 0 saturated carbocycles. The standard InChI is InChI=1S/C12H11F3N2O3.ClH/c1-2-20-11(19)12(14,15)10(17)7-3-6(5-16)4-8(13)9(7)18;/h3-4,10,18H,2,17H2,1H3;1H/t10-;/m0./s1. The van der Waals surface area contributed by atoms with E-state index in [4.69, 9.17) is 11.0 Å². The first-order chi connectivity index (χ1) is 9.25. The lowest BCUT2D eigenvalue weighted by Gasteiger charge is -2.22. The van der Waals surface area contributed by atoms with Gasteiger partial charge in [-0.1, -0.05) is 0 Å². The molecule has 0 amide bonds. The zero-order chi connectivity index (χ0) is 15.5. The summed E-state index contributed by atoms with van der Waals surface area (Å²) in [5.74, 6) is -8.49. The third-order valence-electron chi connectivity index (χ3n) is 2.50. The Morgan fingerprint density at radius 1 is 1.57 bits per heavy atom. The number of phenols is 1. The Kier molecular flexibility index (Phi) is 6.48. The van der Waals surface area contributed by atoms with Crippen molar-refractivity contribution in [1.29, 1.82) is 5.26 Å². The normalized spacial score (nSPS) is 12.0. The summed E-state index contributed by atoms with van der Waals surface area (Å²) in [4.78, 5) is 11.1. The summed E-state index contributed by atoms with van der Waals surface area (Å²) in [5, 5.41) is 18.1. The Morgan fingerprint density at radius 3 is 2.62 bits per heavy atom. The average molecular weight is 325 g/mol. The number of nitrogens with zero attached hydrogens (tertiary/aromatic N) is 1. The van der Waals surface area contributed by atoms with Crippen molar-refractivity contribution < 1.29 is 27.8 Å². The van der Waals surface area contributed by atoms with Gasteiger partial charge >= 0.3 is 11.9 Å². The summed E-state index contributed by atoms with van der Waals surface area (Å²) in [6.45, 7) is 1.03. The van der Waals surface area contributed by atoms with Crippen molar-refractivity contribution in [3.8, 4) is 11.8 Å². The average Bonchev–Trinajstić information content (AvgIpc) is 2.41. The van der Waals surface area contributed by atoms with Crippen molar-refractivity contribution in [2.24, 2.45) is 5.73 Å². The largest absolute Gasteiger partial charge is 0.505 e. The minimum atomic E-state index is -4.17. The molecule has 0 radical (unpaired) electrons. The Labute approximate surface area is 124 Å². The number of ether oxygens (including phenoxy) is 1. The highest BCUT2D eigenvalue weighted by Gasteiger charge is 2.49. The number of carbonyl (C=O) groups is 1. The third kappa shape index (κ3) is 3.77. The molecule has 0 saturated heterocycles. The second kappa shape index (κ2) is 7.15. The molecule has 0 aliphatic carbocycles. The first-order valence-corrected chi connectivity index (χ1v) is 5.48. The van der Waals surface area contributed by atoms with E-state index in [0.717, 1.165) is 6.07 Å². The Hall–Kier alpha value is -1.98. The zero-order valence-electron chi connectivity index (χ0n) is 10.8. The highest BCUT2D eigenvalue weighted by Crippen LogP contribution is 2.36. The SMILES string of the molecule is CCOC(=O)C(F)(F)[C@@H](N)c1cc(C#N)cc(F)c1O.Cl. The molecule has 0 unspecified atom stereocenters. The molecule has 1 aromatic carbocycles. The fraction of sp³-hybridized carbons (Fsp3) is 0.333. The van der Waals surface area contributed by atoms with Crippen LogP contribution in [-0.2, 0) is 9.53 Å². The minimum Gasteiger partial charge on any atom is -0.505 e. The van der Waals surface area contributed by atoms with E-state index in [1.165, 1.54) is 13.0 Å². The summed E-state index contributed by atoms with van der Waals surface area (Å²) in [7, 11) is 0. The van der Waals surface area contributed by atoms with Crippen molar-refractivity contribution in [3.63, 3.8) is 0 Å². The van der Waals surface area contributed by atoms with Crippen LogP contribution in [0.25, 0.3) is 0 Å². The summed E-state index contributed by atoms with van der Waals surface area (Å²) in [6.07, 6.45) is 0. The van der Waals surface area contributed by atoms with Gasteiger partial charge in [0.1, 0.15) is 6.04 Å². The van der Waals surface area contributed by atoms with Gasteiger partial charge in [0.05, 0.1) is 18.2 Å². The highest BCUT2D eigenvalue weighted by atomic mass is 35.5. The van der Waals surface area contributed by atoms with Gasteiger partial charge in [-0.2, -0.15) is 14.0 Å². The zero-order valence-corrected chi connectivity index (χ0v) is 11.6. The number of nitriles is 1. The number of carbonyl (C=O) groups excluding carboxylic acids is 1. The van der Waals surface area contributed by atoms with Crippen molar-refractivity contribution in [1.82, 2.24) is 0 Å². The van der Waals surface area contributed by atoms with Crippen molar-refractivity contribution in [3.05, 3.63) is 29.1 Å². The number of hydrogen-bond donors (Lipinski definition) is 2. The van der Waals surface area contributed by atoms with Crippen LogP contribution in [0.3, 0.4) is 0 Å². The van der Waals surface area contributed by atoms with Crippen LogP contribution in [0.1, 0.15) is 24.1 Å². The lowest BCUT2D eigenvalue weighted by molar-refractivity contribution is -0.174. The van der Waals surface area contributed by atoms with E-state index in [1.807, 2.05) is 0 Å². The molecular formula is C12H12ClF3N2O3. The van der Waals surface area contributed by atoms with E-state index in [1.54, 1.807) is 0 Å². The maximum absolute atomic E-state index is 13.7. The summed E-state index contributed by atoms with van der Waals surface area (Å²) >= 11 is 0. The number of nitrogens with two attached hydrogens (primary N) is 1. The quantitative estimate of drug-likeness (QED) is 0.826. The number of hydrogen-bond acceptors (Lipinski definition) is 5. The van der Waals surface area contributed by atoms with Crippen LogP contribution < -0.4 is 5.73 Å². The van der Waals surface area contributed by atoms with Crippen LogP contribution in [0, 0.1) is 17.1 Å². The molecule has 1 atom stereocenters. The fourth-order valence-corrected chi connectivity index (χ4v) is 1.47. The monoisotopic (exact) mass is 324 g/mol. The number of alkyl halides is 2. The van der Waals surface area contributed by atoms with Gasteiger partial charge in [0.15, 0.2) is 11.6 Å². The molecular weight excluding hydrogens is 313 g/mol. The van der Waals surface area contributed by atoms with E-state index < -0.39 is 35.1 Å². The highest BCUT2D eigenvalue weighted by molar-refractivity contribution is 5.85. The van der Waals surface area contributed by atoms with Gasteiger partial charge < -0.3 is 15.6 Å². The lowest BCUT2D eigenvalue weighted by atomic mass is 9.98. The van der Waals surface area contributed by atoms with E-state index >= 15 is 0 Å². The van der Waals surface area contributed by atoms with Crippen molar-refractivity contribution >= 4 is 18.4 Å². The molecule has 9 heteroatoms. The third-order valence-corrected chi connectivity index (χ3v) is 2.50. The molecule has 0 spiro atoms. The molecule has 0 aliphatic heterocycles. The predicted octanol–water partition coefficient (Wildman–Crippen LogP) is 2.02. The van der Waals surface area contributed by atoms with Gasteiger partial charge in [-0.15, -0.1) is 12.4 Å². The van der Waals surface area contributed by atoms with Crippen LogP contribution in [-0.4, -0.2) is 23.6 Å². The molecule has 0 heterocycles. The predicted molar refractivity (Wildman–Crippen MR) is 68.5 cm³/mol. The summed E-state index contributed by atoms with van der Waals surface area (Å²) in [6, 6.07) is 0.634. The number of aromatic hydroxyl groups is 1. The van der Waals surface area contributed by atoms with E-state index in [0.29, 0.717) is 6.07 Å². The molecule has 0 aliphatic rings. The molecule has 0 aromatic heterocycles. The molecule has 1 aromatic rings. The van der Waals surface area contributed by atoms with Gasteiger partial charge in [-0.25, -0.2) is 9.18 Å². The van der Waals surface area contributed by atoms with Crippen molar-refractivity contribution in [2.45, 2.75) is 18.9 Å². The van der Waals surface area contributed by atoms with Crippen LogP contribution >= 0.6 is 12.4 Å². The maximum Gasteiger partial charge on any atom is 0.379 e. The summed E-state index contributed by atoms with van der Waals surface area (Å²) in [5.41, 5.74) is 4.15. The van der Waals surface area contributed by atoms with Gasteiger partial charge in [-0.3, -0.25) is 0 Å². The minimum absolute atomic E-state index is 0. The number of halogens is 4. The number of rotatable bonds is 4. The van der Waals surface area contributed by atoms with Crippen LogP contribution in [0.5, 0.6) is 5.75 Å². The number of phenolic OH excluding ortho intramolecular Hbond substituents is 1. The van der Waals surface area contributed by atoms with Crippen LogP contribution in [0.4, 0.5) is 13.2 Å². The van der Waals surface area contributed by atoms with E-state index in [-0.39, 0.29) is 24.6 Å². The Bertz CT molecular complexity index is 576. The Morgan fingerprint density at radius 2 is 2.14 bits per heavy atom. The molecule has 116 valence electrons. The smallest absolute Gasteiger partial charge is 0.379 e. The van der Waals surface area contributed by atoms with Crippen LogP contribution in [0.15, 0.2) is 12.1 Å². The fourth-order valence-electron chi connectivity index (χ4n) is 1.47. The second-order valence-electron chi connectivity index (χ2n) is 3.83. The molecule has 0 fully saturated rings. The Balaban J connectivity index is 0.00000400. The number of benzene rings is 1. The van der Waals surface area contributed by atoms with Crippen LogP contribution in [0.2, 0.25) is 0 Å². The maximum atomic E-state index is 13.7. The van der Waals surface area contributed by atoms with Gasteiger partial charge in [0, 0.05) is 5.56 Å². The van der Waals surface area contributed by atoms with Crippen molar-refractivity contribution in [2.75, 3.05) is 6.61 Å². The van der Waals surface area contributed by atoms with E-state index in [9.17, 15) is 23.1 Å². The van der Waals surface area contributed by atoms with E-state index in [2.05, 4.69) is 4.74 Å². The van der Waals surface area contributed by atoms with Gasteiger partial charge in [0.25, 0.3) is 0 Å². The first kappa shape index (κ1) is 19.0. The molecule has 3 N–H and O–H groups in total. The first-order valence-electron chi connectivity index (χ1n) is 5.48. The lowest BCUT2D eigenvalue weighted by Crippen LogP contribution is -2.41. The summed E-state index contributed by atoms with van der Waals surface area (Å²) < 4.78 is 44.9. The topological polar surface area (TPSA) is 96.3 Å². The van der Waals surface area contributed by atoms with Gasteiger partial charge in [0.2, 0.25) is 0 Å². The molecule has 0 bridgehead atoms. The van der Waals surface area contributed by atoms with Gasteiger partial charge in [-0.05, 0) is 19.1 Å². The number of esters is 1. The molecule has 21 heavy (non-hydrogen) atoms. The second-order valence-corrected chi connectivity index (χ2v) is 3.83. The molecule has 1 rings (SSSR count). The molecule has 5 nitrogen and oxygen atoms in total.